The van der Waals surface area contributed by atoms with Gasteiger partial charge in [-0.2, -0.15) is 0 Å². The summed E-state index contributed by atoms with van der Waals surface area (Å²) in [6.07, 6.45) is 4.11. The number of benzene rings is 1. The Morgan fingerprint density at radius 3 is 2.76 bits per heavy atom. The van der Waals surface area contributed by atoms with Gasteiger partial charge in [0.2, 0.25) is 0 Å². The zero-order chi connectivity index (χ0) is 18.4. The highest BCUT2D eigenvalue weighted by Crippen LogP contribution is 2.25. The van der Waals surface area contributed by atoms with Gasteiger partial charge in [-0.05, 0) is 19.9 Å². The first-order valence-electron chi connectivity index (χ1n) is 7.55. The van der Waals surface area contributed by atoms with Crippen molar-refractivity contribution in [3.63, 3.8) is 0 Å². The average molecular weight is 377 g/mol. The van der Waals surface area contributed by atoms with Crippen LogP contribution in [0.2, 0.25) is 0 Å². The normalized spacial score (nSPS) is 12.6. The van der Waals surface area contributed by atoms with Gasteiger partial charge in [0, 0.05) is 33.3 Å². The van der Waals surface area contributed by atoms with E-state index in [-0.39, 0.29) is 5.82 Å². The molecule has 0 spiro atoms. The van der Waals surface area contributed by atoms with E-state index in [1.165, 1.54) is 0 Å². The molecule has 0 saturated heterocycles. The molecule has 0 bridgehead atoms. The quantitative estimate of drug-likeness (QED) is 0.568. The molecule has 0 amide bonds. The van der Waals surface area contributed by atoms with Gasteiger partial charge in [0.15, 0.2) is 11.6 Å². The zero-order valence-corrected chi connectivity index (χ0v) is 15.4. The number of carbonyl (C=O) groups excluding carboxylic acids is 1. The Kier molecular flexibility index (Phi) is 6.56. The Labute approximate surface area is 156 Å². The van der Waals surface area contributed by atoms with Gasteiger partial charge in [-0.1, -0.05) is 47.5 Å². The molecule has 2 aromatic rings. The van der Waals surface area contributed by atoms with Gasteiger partial charge in [0.25, 0.3) is 0 Å². The molecule has 5 nitrogen and oxygen atoms in total. The molecule has 3 N–H and O–H groups in total. The zero-order valence-electron chi connectivity index (χ0n) is 13.9. The fourth-order valence-electron chi connectivity index (χ4n) is 2.16. The van der Waals surface area contributed by atoms with E-state index in [4.69, 9.17) is 28.9 Å². The Bertz CT molecular complexity index is 843. The van der Waals surface area contributed by atoms with Crippen molar-refractivity contribution in [1.82, 2.24) is 9.97 Å². The van der Waals surface area contributed by atoms with Crippen LogP contribution in [0.3, 0.4) is 0 Å². The SMILES string of the molecule is C/C=C(Cl)\C(CNc1nc(-c2cccc(C=O)c2)cnc1N)=C(/C)Cl. The van der Waals surface area contributed by atoms with Gasteiger partial charge < -0.3 is 11.1 Å². The van der Waals surface area contributed by atoms with Gasteiger partial charge in [0.1, 0.15) is 6.29 Å². The van der Waals surface area contributed by atoms with Crippen LogP contribution >= 0.6 is 23.2 Å². The molecule has 130 valence electrons. The summed E-state index contributed by atoms with van der Waals surface area (Å²) in [6.45, 7) is 3.95. The molecule has 0 saturated carbocycles. The maximum Gasteiger partial charge on any atom is 0.169 e. The van der Waals surface area contributed by atoms with E-state index >= 15 is 0 Å². The number of nitrogens with two attached hydrogens (primary N) is 1. The first-order chi connectivity index (χ1) is 12.0. The van der Waals surface area contributed by atoms with Crippen LogP contribution in [0.1, 0.15) is 24.2 Å². The number of anilines is 2. The van der Waals surface area contributed by atoms with Crippen molar-refractivity contribution in [2.24, 2.45) is 0 Å². The topological polar surface area (TPSA) is 80.9 Å². The van der Waals surface area contributed by atoms with Crippen molar-refractivity contribution in [1.29, 1.82) is 0 Å². The van der Waals surface area contributed by atoms with Crippen LogP contribution in [-0.4, -0.2) is 22.8 Å². The first-order valence-corrected chi connectivity index (χ1v) is 8.31. The second-order valence-electron chi connectivity index (χ2n) is 5.23. The molecule has 0 aliphatic carbocycles. The summed E-state index contributed by atoms with van der Waals surface area (Å²) in [5.74, 6) is 0.684. The summed E-state index contributed by atoms with van der Waals surface area (Å²) < 4.78 is 0. The van der Waals surface area contributed by atoms with E-state index in [0.717, 1.165) is 17.4 Å². The van der Waals surface area contributed by atoms with Crippen LogP contribution in [0.5, 0.6) is 0 Å². The molecule has 25 heavy (non-hydrogen) atoms. The van der Waals surface area contributed by atoms with E-state index in [9.17, 15) is 4.79 Å². The van der Waals surface area contributed by atoms with E-state index in [2.05, 4.69) is 15.3 Å². The Morgan fingerprint density at radius 1 is 1.36 bits per heavy atom. The molecule has 0 aliphatic rings. The molecular weight excluding hydrogens is 359 g/mol. The molecule has 1 aromatic heterocycles. The fraction of sp³-hybridized carbons (Fsp3) is 0.167. The van der Waals surface area contributed by atoms with Crippen LogP contribution in [0.4, 0.5) is 11.6 Å². The fourth-order valence-corrected chi connectivity index (χ4v) is 2.58. The van der Waals surface area contributed by atoms with Gasteiger partial charge in [0.05, 0.1) is 11.9 Å². The highest BCUT2D eigenvalue weighted by atomic mass is 35.5. The first kappa shape index (κ1) is 19.0. The molecular formula is C18H18Cl2N4O. The van der Waals surface area contributed by atoms with Crippen molar-refractivity contribution in [2.45, 2.75) is 13.8 Å². The molecule has 7 heteroatoms. The highest BCUT2D eigenvalue weighted by molar-refractivity contribution is 6.35. The summed E-state index contributed by atoms with van der Waals surface area (Å²) >= 11 is 12.3. The lowest BCUT2D eigenvalue weighted by Crippen LogP contribution is -2.11. The van der Waals surface area contributed by atoms with Crippen LogP contribution in [-0.2, 0) is 0 Å². The van der Waals surface area contributed by atoms with Crippen LogP contribution in [0.25, 0.3) is 11.3 Å². The predicted octanol–water partition coefficient (Wildman–Crippen LogP) is 4.61. The lowest BCUT2D eigenvalue weighted by molar-refractivity contribution is 0.112. The number of aldehydes is 1. The lowest BCUT2D eigenvalue weighted by Gasteiger charge is -2.12. The largest absolute Gasteiger partial charge is 0.381 e. The maximum absolute atomic E-state index is 10.9. The molecule has 2 rings (SSSR count). The molecule has 0 fully saturated rings. The number of nitrogens with zero attached hydrogens (tertiary/aromatic N) is 2. The highest BCUT2D eigenvalue weighted by Gasteiger charge is 2.10. The summed E-state index contributed by atoms with van der Waals surface area (Å²) in [6, 6.07) is 7.09. The van der Waals surface area contributed by atoms with Crippen molar-refractivity contribution in [3.05, 3.63) is 57.7 Å². The second kappa shape index (κ2) is 8.65. The molecule has 0 radical (unpaired) electrons. The number of hydrogen-bond acceptors (Lipinski definition) is 5. The molecule has 0 aliphatic heterocycles. The third-order valence-electron chi connectivity index (χ3n) is 3.51. The standard InChI is InChI=1S/C18H18Cl2N4O/c1-3-15(20)14(11(2)19)8-23-18-17(21)22-9-16(24-18)13-6-4-5-12(7-13)10-25/h3-7,9-10H,8H2,1-2H3,(H2,21,22)(H,23,24)/b14-11+,15-3+. The number of aromatic nitrogens is 2. The number of rotatable bonds is 6. The van der Waals surface area contributed by atoms with Gasteiger partial charge in [-0.15, -0.1) is 0 Å². The Hall–Kier alpha value is -2.37. The number of nitrogen functional groups attached to an aromatic ring is 1. The second-order valence-corrected chi connectivity index (χ2v) is 6.21. The van der Waals surface area contributed by atoms with Crippen molar-refractivity contribution < 1.29 is 4.79 Å². The smallest absolute Gasteiger partial charge is 0.169 e. The van der Waals surface area contributed by atoms with Crippen LogP contribution in [0, 0.1) is 0 Å². The number of nitrogens with one attached hydrogen (secondary N) is 1. The van der Waals surface area contributed by atoms with Gasteiger partial charge >= 0.3 is 0 Å². The number of allylic oxidation sites excluding steroid dienone is 2. The summed E-state index contributed by atoms with van der Waals surface area (Å²) in [5.41, 5.74) is 8.60. The minimum absolute atomic E-state index is 0.262. The molecule has 0 unspecified atom stereocenters. The van der Waals surface area contributed by atoms with Crippen LogP contribution in [0.15, 0.2) is 52.2 Å². The number of halogens is 2. The molecule has 1 heterocycles. The number of hydrogen-bond donors (Lipinski definition) is 2. The van der Waals surface area contributed by atoms with E-state index < -0.39 is 0 Å². The summed E-state index contributed by atoms with van der Waals surface area (Å²) in [5, 5.41) is 4.25. The van der Waals surface area contributed by atoms with Gasteiger partial charge in [-0.25, -0.2) is 9.97 Å². The maximum atomic E-state index is 10.9. The number of carbonyl (C=O) groups is 1. The van der Waals surface area contributed by atoms with E-state index in [1.54, 1.807) is 37.4 Å². The Balaban J connectivity index is 2.30. The monoisotopic (exact) mass is 376 g/mol. The van der Waals surface area contributed by atoms with E-state index in [1.807, 2.05) is 13.0 Å². The average Bonchev–Trinajstić information content (AvgIpc) is 2.62. The minimum atomic E-state index is 0.262. The molecule has 1 aromatic carbocycles. The van der Waals surface area contributed by atoms with Crippen molar-refractivity contribution in [2.75, 3.05) is 17.6 Å². The Morgan fingerprint density at radius 2 is 2.12 bits per heavy atom. The third-order valence-corrected chi connectivity index (χ3v) is 4.18. The summed E-state index contributed by atoms with van der Waals surface area (Å²) in [4.78, 5) is 19.6. The predicted molar refractivity (Wildman–Crippen MR) is 104 cm³/mol. The van der Waals surface area contributed by atoms with Crippen LogP contribution < -0.4 is 11.1 Å². The van der Waals surface area contributed by atoms with E-state index in [0.29, 0.717) is 33.7 Å². The minimum Gasteiger partial charge on any atom is -0.381 e. The lowest BCUT2D eigenvalue weighted by atomic mass is 10.1. The molecule has 0 atom stereocenters. The van der Waals surface area contributed by atoms with Gasteiger partial charge in [-0.3, -0.25) is 4.79 Å². The summed E-state index contributed by atoms with van der Waals surface area (Å²) in [7, 11) is 0. The van der Waals surface area contributed by atoms with Crippen molar-refractivity contribution in [3.8, 4) is 11.3 Å². The van der Waals surface area contributed by atoms with Crippen molar-refractivity contribution >= 4 is 41.1 Å². The third kappa shape index (κ3) is 4.81.